The van der Waals surface area contributed by atoms with Gasteiger partial charge >= 0.3 is 0 Å². The first-order valence-electron chi connectivity index (χ1n) is 7.62. The summed E-state index contributed by atoms with van der Waals surface area (Å²) in [6, 6.07) is 11.5. The van der Waals surface area contributed by atoms with Crippen LogP contribution in [0.5, 0.6) is 5.75 Å². The molecule has 1 unspecified atom stereocenters. The number of hydrogen-bond donors (Lipinski definition) is 2. The average Bonchev–Trinajstić information content (AvgIpc) is 3.03. The molecule has 0 fully saturated rings. The van der Waals surface area contributed by atoms with Crippen LogP contribution in [0.3, 0.4) is 0 Å². The van der Waals surface area contributed by atoms with E-state index in [9.17, 15) is 9.59 Å². The number of methoxy groups -OCH3 is 1. The molecule has 1 atom stereocenters. The van der Waals surface area contributed by atoms with Crippen LogP contribution in [0, 0.1) is 0 Å². The molecule has 3 aromatic rings. The van der Waals surface area contributed by atoms with Gasteiger partial charge < -0.3 is 9.72 Å². The minimum Gasteiger partial charge on any atom is -0.497 e. The van der Waals surface area contributed by atoms with Crippen LogP contribution < -0.4 is 10.3 Å². The Kier molecular flexibility index (Phi) is 4.72. The van der Waals surface area contributed by atoms with E-state index in [-0.39, 0.29) is 17.3 Å². The van der Waals surface area contributed by atoms with Gasteiger partial charge in [0.05, 0.1) is 23.5 Å². The number of ether oxygens (including phenoxy) is 1. The molecule has 0 aliphatic heterocycles. The minimum absolute atomic E-state index is 0.169. The summed E-state index contributed by atoms with van der Waals surface area (Å²) in [4.78, 5) is 26.8. The van der Waals surface area contributed by atoms with Crippen molar-refractivity contribution >= 4 is 17.4 Å². The van der Waals surface area contributed by atoms with E-state index in [4.69, 9.17) is 16.3 Å². The van der Waals surface area contributed by atoms with E-state index in [0.29, 0.717) is 33.4 Å². The van der Waals surface area contributed by atoms with Crippen molar-refractivity contribution in [2.45, 2.75) is 12.8 Å². The average molecular weight is 358 g/mol. The molecule has 3 rings (SSSR count). The standard InChI is InChI=1S/C18H16ClN3O3/c1-10(14-7-8-16(23)22-21-14)17-13(19)9-15(20-17)18(24)11-3-5-12(25-2)6-4-11/h3-10,20H,1-2H3,(H,22,23). The molecule has 128 valence electrons. The lowest BCUT2D eigenvalue weighted by Gasteiger charge is -2.09. The maximum atomic E-state index is 12.6. The highest BCUT2D eigenvalue weighted by molar-refractivity contribution is 6.32. The second-order valence-corrected chi connectivity index (χ2v) is 5.98. The third kappa shape index (κ3) is 3.49. The number of ketones is 1. The monoisotopic (exact) mass is 357 g/mol. The molecule has 0 saturated heterocycles. The van der Waals surface area contributed by atoms with Gasteiger partial charge in [-0.25, -0.2) is 5.10 Å². The number of benzene rings is 1. The second-order valence-electron chi connectivity index (χ2n) is 5.57. The molecule has 0 bridgehead atoms. The minimum atomic E-state index is -0.274. The van der Waals surface area contributed by atoms with E-state index < -0.39 is 0 Å². The van der Waals surface area contributed by atoms with Gasteiger partial charge in [0.2, 0.25) is 5.78 Å². The van der Waals surface area contributed by atoms with Crippen LogP contribution in [-0.4, -0.2) is 28.1 Å². The van der Waals surface area contributed by atoms with Crippen molar-refractivity contribution in [1.29, 1.82) is 0 Å². The fourth-order valence-electron chi connectivity index (χ4n) is 2.52. The fraction of sp³-hybridized carbons (Fsp3) is 0.167. The van der Waals surface area contributed by atoms with E-state index in [2.05, 4.69) is 15.2 Å². The van der Waals surface area contributed by atoms with E-state index in [1.54, 1.807) is 43.5 Å². The van der Waals surface area contributed by atoms with Gasteiger partial charge in [-0.3, -0.25) is 9.59 Å². The third-order valence-corrected chi connectivity index (χ3v) is 4.28. The number of carbonyl (C=O) groups excluding carboxylic acids is 1. The number of nitrogens with one attached hydrogen (secondary N) is 2. The van der Waals surface area contributed by atoms with Gasteiger partial charge in [-0.2, -0.15) is 5.10 Å². The molecule has 0 spiro atoms. The van der Waals surface area contributed by atoms with Crippen molar-refractivity contribution in [3.8, 4) is 5.75 Å². The lowest BCUT2D eigenvalue weighted by atomic mass is 10.0. The normalized spacial score (nSPS) is 12.0. The summed E-state index contributed by atoms with van der Waals surface area (Å²) in [6.45, 7) is 1.89. The molecule has 6 nitrogen and oxygen atoms in total. The summed E-state index contributed by atoms with van der Waals surface area (Å²) < 4.78 is 5.09. The lowest BCUT2D eigenvalue weighted by molar-refractivity contribution is 0.103. The Morgan fingerprint density at radius 3 is 2.52 bits per heavy atom. The summed E-state index contributed by atoms with van der Waals surface area (Å²) in [6.07, 6.45) is 0. The molecule has 2 aromatic heterocycles. The highest BCUT2D eigenvalue weighted by Crippen LogP contribution is 2.29. The third-order valence-electron chi connectivity index (χ3n) is 3.97. The van der Waals surface area contributed by atoms with Gasteiger partial charge in [0.1, 0.15) is 5.75 Å². The fourth-order valence-corrected chi connectivity index (χ4v) is 2.84. The topological polar surface area (TPSA) is 87.8 Å². The molecule has 1 aromatic carbocycles. The number of H-pyrrole nitrogens is 2. The first-order valence-corrected chi connectivity index (χ1v) is 8.00. The zero-order valence-corrected chi connectivity index (χ0v) is 14.4. The van der Waals surface area contributed by atoms with Crippen molar-refractivity contribution in [3.63, 3.8) is 0 Å². The maximum absolute atomic E-state index is 12.6. The number of nitrogens with zero attached hydrogens (tertiary/aromatic N) is 1. The summed E-state index contributed by atoms with van der Waals surface area (Å²) >= 11 is 6.30. The van der Waals surface area contributed by atoms with Gasteiger partial charge in [-0.1, -0.05) is 18.5 Å². The summed E-state index contributed by atoms with van der Waals surface area (Å²) in [5, 5.41) is 6.85. The van der Waals surface area contributed by atoms with Crippen LogP contribution in [0.15, 0.2) is 47.3 Å². The number of aromatic nitrogens is 3. The van der Waals surface area contributed by atoms with Crippen molar-refractivity contribution in [3.05, 3.63) is 80.5 Å². The van der Waals surface area contributed by atoms with E-state index in [1.807, 2.05) is 6.92 Å². The zero-order valence-electron chi connectivity index (χ0n) is 13.7. The molecule has 2 N–H and O–H groups in total. The molecule has 0 aliphatic carbocycles. The van der Waals surface area contributed by atoms with Gasteiger partial charge in [-0.05, 0) is 36.4 Å². The smallest absolute Gasteiger partial charge is 0.264 e. The van der Waals surface area contributed by atoms with Crippen LogP contribution in [0.2, 0.25) is 5.02 Å². The van der Waals surface area contributed by atoms with Gasteiger partial charge in [0.25, 0.3) is 5.56 Å². The van der Waals surface area contributed by atoms with E-state index in [1.165, 1.54) is 6.07 Å². The second kappa shape index (κ2) is 6.94. The Morgan fingerprint density at radius 2 is 1.92 bits per heavy atom. The predicted molar refractivity (Wildman–Crippen MR) is 94.6 cm³/mol. The quantitative estimate of drug-likeness (QED) is 0.686. The molecule has 7 heteroatoms. The first-order chi connectivity index (χ1) is 12.0. The van der Waals surface area contributed by atoms with Gasteiger partial charge in [0, 0.05) is 23.2 Å². The molecule has 25 heavy (non-hydrogen) atoms. The number of carbonyl (C=O) groups is 1. The van der Waals surface area contributed by atoms with Crippen LogP contribution >= 0.6 is 11.6 Å². The molecular formula is C18H16ClN3O3. The highest BCUT2D eigenvalue weighted by atomic mass is 35.5. The predicted octanol–water partition coefficient (Wildman–Crippen LogP) is 3.14. The highest BCUT2D eigenvalue weighted by Gasteiger charge is 2.20. The summed E-state index contributed by atoms with van der Waals surface area (Å²) in [5.74, 6) is 0.304. The van der Waals surface area contributed by atoms with Crippen molar-refractivity contribution in [2.24, 2.45) is 0 Å². The zero-order chi connectivity index (χ0) is 18.0. The number of rotatable bonds is 5. The molecule has 0 aliphatic rings. The maximum Gasteiger partial charge on any atom is 0.264 e. The van der Waals surface area contributed by atoms with Crippen LogP contribution in [0.1, 0.15) is 40.3 Å². The van der Waals surface area contributed by atoms with Crippen molar-refractivity contribution < 1.29 is 9.53 Å². The van der Waals surface area contributed by atoms with Crippen LogP contribution in [-0.2, 0) is 0 Å². The Balaban J connectivity index is 1.89. The Morgan fingerprint density at radius 1 is 1.20 bits per heavy atom. The van der Waals surface area contributed by atoms with Gasteiger partial charge in [0.15, 0.2) is 0 Å². The molecular weight excluding hydrogens is 342 g/mol. The van der Waals surface area contributed by atoms with E-state index in [0.717, 1.165) is 0 Å². The Hall–Kier alpha value is -2.86. The van der Waals surface area contributed by atoms with Crippen LogP contribution in [0.4, 0.5) is 0 Å². The Bertz CT molecular complexity index is 940. The first kappa shape index (κ1) is 17.0. The summed E-state index contributed by atoms with van der Waals surface area (Å²) in [5.41, 5.74) is 1.95. The number of hydrogen-bond acceptors (Lipinski definition) is 4. The molecule has 0 amide bonds. The molecule has 0 saturated carbocycles. The summed E-state index contributed by atoms with van der Waals surface area (Å²) in [7, 11) is 1.57. The Labute approximate surface area is 148 Å². The lowest BCUT2D eigenvalue weighted by Crippen LogP contribution is -2.10. The number of aromatic amines is 2. The van der Waals surface area contributed by atoms with E-state index >= 15 is 0 Å². The largest absolute Gasteiger partial charge is 0.497 e. The van der Waals surface area contributed by atoms with Crippen LogP contribution in [0.25, 0.3) is 0 Å². The SMILES string of the molecule is COc1ccc(C(=O)c2cc(Cl)c(C(C)c3ccc(=O)[nH]n3)[nH]2)cc1. The number of halogens is 1. The molecule has 2 heterocycles. The van der Waals surface area contributed by atoms with Crippen molar-refractivity contribution in [1.82, 2.24) is 15.2 Å². The van der Waals surface area contributed by atoms with Crippen molar-refractivity contribution in [2.75, 3.05) is 7.11 Å². The molecule has 0 radical (unpaired) electrons. The van der Waals surface area contributed by atoms with Gasteiger partial charge in [-0.15, -0.1) is 0 Å².